The van der Waals surface area contributed by atoms with Gasteiger partial charge >= 0.3 is 8.80 Å². The Morgan fingerprint density at radius 1 is 0.805 bits per heavy atom. The van der Waals surface area contributed by atoms with Crippen LogP contribution in [0.1, 0.15) is 90.9 Å². The predicted molar refractivity (Wildman–Crippen MR) is 176 cm³/mol. The van der Waals surface area contributed by atoms with Crippen molar-refractivity contribution in [3.63, 3.8) is 0 Å². The molecule has 0 radical (unpaired) electrons. The lowest BCUT2D eigenvalue weighted by Gasteiger charge is -2.48. The molecular formula is C29H62O8Si4. The molecule has 0 amide bonds. The van der Waals surface area contributed by atoms with E-state index in [9.17, 15) is 0 Å². The van der Waals surface area contributed by atoms with Gasteiger partial charge in [0.1, 0.15) is 6.10 Å². The van der Waals surface area contributed by atoms with E-state index in [1.165, 1.54) is 32.1 Å². The second-order valence-corrected chi connectivity index (χ2v) is 22.0. The Hall–Kier alpha value is 0.548. The van der Waals surface area contributed by atoms with Crippen LogP contribution in [0, 0.1) is 5.92 Å². The summed E-state index contributed by atoms with van der Waals surface area (Å²) in [4.78, 5) is 0. The van der Waals surface area contributed by atoms with E-state index in [1.54, 1.807) is 21.3 Å². The highest BCUT2D eigenvalue weighted by Gasteiger charge is 2.54. The Morgan fingerprint density at radius 3 is 1.85 bits per heavy atom. The number of ether oxygens (including phenoxy) is 5. The molecule has 0 aliphatic carbocycles. The highest BCUT2D eigenvalue weighted by atomic mass is 28.4. The Balaban J connectivity index is 0.00000462. The van der Waals surface area contributed by atoms with Gasteiger partial charge in [-0.15, -0.1) is 0 Å². The summed E-state index contributed by atoms with van der Waals surface area (Å²) in [7, 11) is 5.30. The standard InChI is InChI=1S/C28H58O8Si4.CH4/c1-29-40(30-2,31-3)23(19-27(38)12-5-8-16-35-27)18-24(28(39)13-6-9-17-36-28)25(33-21-22-20-32-22)10-14-26(37)11-4-7-15-34-26;/h22-25H,4-21H2,1-3,37-39H3;1H4. The Kier molecular flexibility index (Phi) is 14.2. The molecule has 0 saturated carbocycles. The highest BCUT2D eigenvalue weighted by Crippen LogP contribution is 2.46. The van der Waals surface area contributed by atoms with Crippen molar-refractivity contribution >= 4 is 39.5 Å². The fraction of sp³-hybridized carbons (Fsp3) is 1.00. The molecule has 4 rings (SSSR count). The number of epoxide rings is 1. The van der Waals surface area contributed by atoms with Crippen molar-refractivity contribution in [2.24, 2.45) is 5.92 Å². The lowest BCUT2D eigenvalue weighted by Crippen LogP contribution is -2.56. The summed E-state index contributed by atoms with van der Waals surface area (Å²) in [5.41, 5.74) is 0.114. The molecule has 0 spiro atoms. The van der Waals surface area contributed by atoms with Crippen LogP contribution in [-0.2, 0) is 37.0 Å². The van der Waals surface area contributed by atoms with Gasteiger partial charge in [0.2, 0.25) is 0 Å². The largest absolute Gasteiger partial charge is 0.503 e. The fourth-order valence-corrected chi connectivity index (χ4v) is 13.8. The van der Waals surface area contributed by atoms with Crippen molar-refractivity contribution in [1.82, 2.24) is 0 Å². The van der Waals surface area contributed by atoms with Gasteiger partial charge in [-0.25, -0.2) is 0 Å². The minimum Gasteiger partial charge on any atom is -0.380 e. The first-order chi connectivity index (χ1) is 19.2. The van der Waals surface area contributed by atoms with Crippen LogP contribution in [0.3, 0.4) is 0 Å². The van der Waals surface area contributed by atoms with Crippen LogP contribution in [0.2, 0.25) is 5.54 Å². The molecule has 0 aromatic rings. The molecule has 4 aliphatic heterocycles. The zero-order valence-electron chi connectivity index (χ0n) is 26.3. The molecule has 7 unspecified atom stereocenters. The maximum atomic E-state index is 6.86. The molecule has 4 aliphatic rings. The quantitative estimate of drug-likeness (QED) is 0.184. The summed E-state index contributed by atoms with van der Waals surface area (Å²) in [6.07, 6.45) is 14.8. The van der Waals surface area contributed by atoms with Gasteiger partial charge in [0.25, 0.3) is 0 Å². The van der Waals surface area contributed by atoms with E-state index in [-0.39, 0.29) is 46.8 Å². The fourth-order valence-electron chi connectivity index (χ4n) is 7.56. The topological polar surface area (TPSA) is 77.1 Å². The van der Waals surface area contributed by atoms with Crippen molar-refractivity contribution in [3.8, 4) is 0 Å². The first kappa shape index (κ1) is 36.0. The summed E-state index contributed by atoms with van der Waals surface area (Å²) < 4.78 is 50.8. The van der Waals surface area contributed by atoms with E-state index in [0.717, 1.165) is 109 Å². The van der Waals surface area contributed by atoms with E-state index in [0.29, 0.717) is 6.61 Å². The van der Waals surface area contributed by atoms with E-state index in [2.05, 4.69) is 0 Å². The van der Waals surface area contributed by atoms with Gasteiger partial charge in [-0.2, -0.15) is 0 Å². The van der Waals surface area contributed by atoms with E-state index < -0.39 is 8.80 Å². The smallest absolute Gasteiger partial charge is 0.380 e. The molecule has 0 N–H and O–H groups in total. The zero-order chi connectivity index (χ0) is 28.7. The number of hydrogen-bond acceptors (Lipinski definition) is 8. The normalized spacial score (nSPS) is 35.0. The predicted octanol–water partition coefficient (Wildman–Crippen LogP) is 1.62. The molecular weight excluding hydrogens is 589 g/mol. The van der Waals surface area contributed by atoms with Crippen molar-refractivity contribution in [2.45, 2.75) is 124 Å². The van der Waals surface area contributed by atoms with Gasteiger partial charge in [0.15, 0.2) is 0 Å². The minimum absolute atomic E-state index is 0. The first-order valence-electron chi connectivity index (χ1n) is 16.0. The summed E-state index contributed by atoms with van der Waals surface area (Å²) in [6, 6.07) is 0. The number of hydrogen-bond donors (Lipinski definition) is 0. The van der Waals surface area contributed by atoms with Gasteiger partial charge in [0, 0.05) is 93.8 Å². The summed E-state index contributed by atoms with van der Waals surface area (Å²) in [5, 5.41) is -0.149. The van der Waals surface area contributed by atoms with E-state index in [4.69, 9.17) is 37.0 Å². The Morgan fingerprint density at radius 2 is 1.37 bits per heavy atom. The molecule has 4 fully saturated rings. The van der Waals surface area contributed by atoms with Gasteiger partial charge < -0.3 is 37.0 Å². The van der Waals surface area contributed by atoms with Crippen LogP contribution >= 0.6 is 0 Å². The van der Waals surface area contributed by atoms with Crippen LogP contribution in [-0.4, -0.2) is 122 Å². The first-order valence-corrected chi connectivity index (χ1v) is 20.8. The van der Waals surface area contributed by atoms with E-state index >= 15 is 0 Å². The van der Waals surface area contributed by atoms with Crippen molar-refractivity contribution in [1.29, 1.82) is 0 Å². The van der Waals surface area contributed by atoms with Gasteiger partial charge in [-0.3, -0.25) is 0 Å². The number of rotatable bonds is 16. The van der Waals surface area contributed by atoms with E-state index in [1.807, 2.05) is 0 Å². The molecule has 242 valence electrons. The van der Waals surface area contributed by atoms with Gasteiger partial charge in [-0.05, 0) is 83.5 Å². The van der Waals surface area contributed by atoms with Crippen molar-refractivity contribution in [3.05, 3.63) is 0 Å². The SMILES string of the molecule is C.CO[Si](OC)(OC)C(CC(C(CCC1([SiH3])CCCCO1)OCC1CO1)C1([SiH3])CCCCO1)CC1([SiH3])CCCCO1. The Labute approximate surface area is 260 Å². The van der Waals surface area contributed by atoms with Gasteiger partial charge in [-0.1, -0.05) is 7.43 Å². The van der Waals surface area contributed by atoms with Crippen LogP contribution in [0.15, 0.2) is 0 Å². The third kappa shape index (κ3) is 9.77. The third-order valence-electron chi connectivity index (χ3n) is 10.3. The molecule has 4 heterocycles. The maximum absolute atomic E-state index is 6.86. The molecule has 12 heteroatoms. The second-order valence-electron chi connectivity index (χ2n) is 13.5. The van der Waals surface area contributed by atoms with Crippen LogP contribution in [0.25, 0.3) is 0 Å². The van der Waals surface area contributed by atoms with Crippen molar-refractivity contribution in [2.75, 3.05) is 54.4 Å². The molecule has 0 aromatic carbocycles. The monoisotopic (exact) mass is 650 g/mol. The average molecular weight is 651 g/mol. The molecule has 8 nitrogen and oxygen atoms in total. The van der Waals surface area contributed by atoms with Crippen LogP contribution < -0.4 is 0 Å². The second kappa shape index (κ2) is 16.2. The van der Waals surface area contributed by atoms with Gasteiger partial charge in [0.05, 0.1) is 24.5 Å². The lowest BCUT2D eigenvalue weighted by molar-refractivity contribution is -0.122. The highest BCUT2D eigenvalue weighted by molar-refractivity contribution is 6.62. The van der Waals surface area contributed by atoms with Crippen LogP contribution in [0.4, 0.5) is 0 Å². The zero-order valence-corrected chi connectivity index (χ0v) is 33.3. The summed E-state index contributed by atoms with van der Waals surface area (Å²) in [6.45, 7) is 4.06. The van der Waals surface area contributed by atoms with Crippen molar-refractivity contribution < 1.29 is 37.0 Å². The minimum atomic E-state index is -2.98. The molecule has 4 saturated heterocycles. The molecule has 0 aromatic heterocycles. The summed E-state index contributed by atoms with van der Waals surface area (Å²) in [5.74, 6) is 0.234. The average Bonchev–Trinajstić information content (AvgIpc) is 3.79. The molecule has 0 bridgehead atoms. The Bertz CT molecular complexity index is 743. The molecule has 7 atom stereocenters. The van der Waals surface area contributed by atoms with Crippen LogP contribution in [0.5, 0.6) is 0 Å². The summed E-state index contributed by atoms with van der Waals surface area (Å²) >= 11 is 0. The lowest BCUT2D eigenvalue weighted by atomic mass is 9.82. The maximum Gasteiger partial charge on any atom is 0.503 e. The third-order valence-corrected chi connectivity index (χ3v) is 17.4. The molecule has 41 heavy (non-hydrogen) atoms.